The molecule has 1 aromatic carbocycles. The molecule has 1 rings (SSSR count). The van der Waals surface area contributed by atoms with Gasteiger partial charge in [-0.1, -0.05) is 6.07 Å². The van der Waals surface area contributed by atoms with Gasteiger partial charge >= 0.3 is 0 Å². The molecule has 0 aromatic heterocycles. The molecule has 0 saturated heterocycles. The fourth-order valence-electron chi connectivity index (χ4n) is 0.894. The molecule has 11 heavy (non-hydrogen) atoms. The molecule has 0 amide bonds. The van der Waals surface area contributed by atoms with Gasteiger partial charge in [-0.05, 0) is 38.1 Å². The molecule has 0 unspecified atom stereocenters. The second-order valence-electron chi connectivity index (χ2n) is 2.31. The average Bonchev–Trinajstić information content (AvgIpc) is 2.04. The molecule has 0 fully saturated rings. The quantitative estimate of drug-likeness (QED) is 0.573. The molecular formula is C9H10N2. The van der Waals surface area contributed by atoms with Gasteiger partial charge in [0, 0.05) is 0 Å². The lowest BCUT2D eigenvalue weighted by atomic mass is 10.2. The van der Waals surface area contributed by atoms with Crippen molar-refractivity contribution in [1.82, 2.24) is 0 Å². The van der Waals surface area contributed by atoms with Crippen molar-refractivity contribution in [2.75, 3.05) is 0 Å². The summed E-state index contributed by atoms with van der Waals surface area (Å²) in [6.07, 6.45) is 0. The summed E-state index contributed by atoms with van der Waals surface area (Å²) in [6, 6.07) is 5.78. The number of rotatable bonds is 2. The van der Waals surface area contributed by atoms with E-state index < -0.39 is 0 Å². The Labute approximate surface area is 66.3 Å². The highest BCUT2D eigenvalue weighted by atomic mass is 14.8. The topological polar surface area (TPSA) is 24.7 Å². The highest BCUT2D eigenvalue weighted by Crippen LogP contribution is 2.27. The van der Waals surface area contributed by atoms with Crippen LogP contribution in [-0.4, -0.2) is 13.4 Å². The van der Waals surface area contributed by atoms with Gasteiger partial charge in [0.25, 0.3) is 0 Å². The van der Waals surface area contributed by atoms with E-state index >= 15 is 0 Å². The van der Waals surface area contributed by atoms with E-state index in [1.165, 1.54) is 0 Å². The molecule has 0 aliphatic rings. The largest absolute Gasteiger partial charge is 0.262 e. The summed E-state index contributed by atoms with van der Waals surface area (Å²) in [5.41, 5.74) is 2.73. The van der Waals surface area contributed by atoms with Crippen molar-refractivity contribution >= 4 is 24.8 Å². The first-order valence-corrected chi connectivity index (χ1v) is 3.32. The van der Waals surface area contributed by atoms with Crippen LogP contribution in [0, 0.1) is 6.92 Å². The van der Waals surface area contributed by atoms with Gasteiger partial charge in [0.2, 0.25) is 0 Å². The smallest absolute Gasteiger partial charge is 0.0881 e. The molecule has 0 bridgehead atoms. The summed E-state index contributed by atoms with van der Waals surface area (Å²) >= 11 is 0. The minimum Gasteiger partial charge on any atom is -0.262 e. The van der Waals surface area contributed by atoms with E-state index in [0.717, 1.165) is 16.9 Å². The minimum absolute atomic E-state index is 0.783. The summed E-state index contributed by atoms with van der Waals surface area (Å²) in [6.45, 7) is 8.88. The number of aliphatic imine (C=N–C) groups is 2. The third-order valence-electron chi connectivity index (χ3n) is 1.47. The third kappa shape index (κ3) is 1.52. The van der Waals surface area contributed by atoms with Crippen molar-refractivity contribution in [2.45, 2.75) is 6.92 Å². The van der Waals surface area contributed by atoms with Crippen molar-refractivity contribution < 1.29 is 0 Å². The van der Waals surface area contributed by atoms with Gasteiger partial charge in [0.05, 0.1) is 11.4 Å². The molecule has 0 N–H and O–H groups in total. The van der Waals surface area contributed by atoms with E-state index in [1.54, 1.807) is 0 Å². The van der Waals surface area contributed by atoms with E-state index in [1.807, 2.05) is 25.1 Å². The predicted octanol–water partition coefficient (Wildman–Crippen LogP) is 2.66. The summed E-state index contributed by atoms with van der Waals surface area (Å²) in [4.78, 5) is 7.62. The predicted molar refractivity (Wildman–Crippen MR) is 49.6 cm³/mol. The van der Waals surface area contributed by atoms with Crippen LogP contribution < -0.4 is 0 Å². The molecule has 1 aromatic rings. The highest BCUT2D eigenvalue weighted by molar-refractivity contribution is 5.67. The second kappa shape index (κ2) is 3.10. The van der Waals surface area contributed by atoms with Crippen molar-refractivity contribution in [3.8, 4) is 0 Å². The maximum absolute atomic E-state index is 3.82. The van der Waals surface area contributed by atoms with E-state index in [4.69, 9.17) is 0 Å². The summed E-state index contributed by atoms with van der Waals surface area (Å²) in [5.74, 6) is 0. The molecule has 0 atom stereocenters. The van der Waals surface area contributed by atoms with Crippen LogP contribution in [0.2, 0.25) is 0 Å². The molecule has 0 radical (unpaired) electrons. The Hall–Kier alpha value is -1.44. The molecule has 0 aliphatic heterocycles. The fourth-order valence-corrected chi connectivity index (χ4v) is 0.894. The molecular weight excluding hydrogens is 136 g/mol. The van der Waals surface area contributed by atoms with E-state index in [0.29, 0.717) is 0 Å². The van der Waals surface area contributed by atoms with Gasteiger partial charge in [-0.3, -0.25) is 9.98 Å². The van der Waals surface area contributed by atoms with Crippen LogP contribution in [0.1, 0.15) is 5.56 Å². The van der Waals surface area contributed by atoms with Gasteiger partial charge in [-0.2, -0.15) is 0 Å². The van der Waals surface area contributed by atoms with Gasteiger partial charge in [-0.15, -0.1) is 0 Å². The Kier molecular flexibility index (Phi) is 2.16. The second-order valence-corrected chi connectivity index (χ2v) is 2.31. The molecule has 56 valence electrons. The number of aryl methyl sites for hydroxylation is 1. The first-order chi connectivity index (χ1) is 5.27. The Bertz CT molecular complexity index is 290. The zero-order chi connectivity index (χ0) is 8.27. The van der Waals surface area contributed by atoms with Gasteiger partial charge < -0.3 is 0 Å². The summed E-state index contributed by atoms with van der Waals surface area (Å²) in [5, 5.41) is 0. The van der Waals surface area contributed by atoms with Gasteiger partial charge in [0.1, 0.15) is 0 Å². The van der Waals surface area contributed by atoms with Crippen molar-refractivity contribution in [2.24, 2.45) is 9.98 Å². The minimum atomic E-state index is 0.783. The Morgan fingerprint density at radius 2 is 1.73 bits per heavy atom. The lowest BCUT2D eigenvalue weighted by Crippen LogP contribution is -1.71. The van der Waals surface area contributed by atoms with Crippen molar-refractivity contribution in [3.05, 3.63) is 23.8 Å². The Morgan fingerprint density at radius 3 is 2.27 bits per heavy atom. The normalized spacial score (nSPS) is 9.18. The van der Waals surface area contributed by atoms with Crippen LogP contribution in [-0.2, 0) is 0 Å². The average molecular weight is 146 g/mol. The van der Waals surface area contributed by atoms with Crippen LogP contribution in [0.3, 0.4) is 0 Å². The van der Waals surface area contributed by atoms with Gasteiger partial charge in [0.15, 0.2) is 0 Å². The number of nitrogens with zero attached hydrogens (tertiary/aromatic N) is 2. The van der Waals surface area contributed by atoms with E-state index in [9.17, 15) is 0 Å². The first-order valence-electron chi connectivity index (χ1n) is 3.32. The third-order valence-corrected chi connectivity index (χ3v) is 1.47. The zero-order valence-electron chi connectivity index (χ0n) is 6.54. The number of benzene rings is 1. The fraction of sp³-hybridized carbons (Fsp3) is 0.111. The van der Waals surface area contributed by atoms with E-state index in [-0.39, 0.29) is 0 Å². The maximum Gasteiger partial charge on any atom is 0.0881 e. The maximum atomic E-state index is 3.82. The van der Waals surface area contributed by atoms with Crippen LogP contribution in [0.4, 0.5) is 11.4 Å². The SMILES string of the molecule is C=Nc1ccc(C)cc1N=C. The zero-order valence-corrected chi connectivity index (χ0v) is 6.54. The lowest BCUT2D eigenvalue weighted by Gasteiger charge is -1.99. The Balaban J connectivity index is 3.26. The highest BCUT2D eigenvalue weighted by Gasteiger charge is 1.96. The summed E-state index contributed by atoms with van der Waals surface area (Å²) in [7, 11) is 0. The molecule has 0 saturated carbocycles. The number of hydrogen-bond donors (Lipinski definition) is 0. The van der Waals surface area contributed by atoms with Crippen LogP contribution in [0.5, 0.6) is 0 Å². The molecule has 0 heterocycles. The molecule has 2 nitrogen and oxygen atoms in total. The number of hydrogen-bond acceptors (Lipinski definition) is 2. The summed E-state index contributed by atoms with van der Waals surface area (Å²) < 4.78 is 0. The molecule has 0 aliphatic carbocycles. The van der Waals surface area contributed by atoms with Crippen molar-refractivity contribution in [1.29, 1.82) is 0 Å². The van der Waals surface area contributed by atoms with Crippen LogP contribution in [0.15, 0.2) is 28.2 Å². The molecule has 2 heteroatoms. The lowest BCUT2D eigenvalue weighted by molar-refractivity contribution is 1.41. The van der Waals surface area contributed by atoms with Crippen molar-refractivity contribution in [3.63, 3.8) is 0 Å². The standard InChI is InChI=1S/C9H10N2/c1-7-4-5-8(10-2)9(6-7)11-3/h4-6H,2-3H2,1H3. The Morgan fingerprint density at radius 1 is 1.09 bits per heavy atom. The molecule has 0 spiro atoms. The first kappa shape index (κ1) is 7.66. The van der Waals surface area contributed by atoms with Gasteiger partial charge in [-0.25, -0.2) is 0 Å². The monoisotopic (exact) mass is 146 g/mol. The van der Waals surface area contributed by atoms with Crippen LogP contribution in [0.25, 0.3) is 0 Å². The van der Waals surface area contributed by atoms with E-state index in [2.05, 4.69) is 23.4 Å². The van der Waals surface area contributed by atoms with Crippen LogP contribution >= 0.6 is 0 Å².